The Morgan fingerprint density at radius 1 is 0.957 bits per heavy atom. The Hall–Kier alpha value is -1.83. The molecule has 0 N–H and O–H groups in total. The molecule has 23 heavy (non-hydrogen) atoms. The first kappa shape index (κ1) is 17.5. The Morgan fingerprint density at radius 2 is 1.57 bits per heavy atom. The smallest absolute Gasteiger partial charge is 0.255 e. The summed E-state index contributed by atoms with van der Waals surface area (Å²) >= 11 is 0. The number of hydrogen-bond donors (Lipinski definition) is 0. The first-order chi connectivity index (χ1) is 10.9. The van der Waals surface area contributed by atoms with Crippen LogP contribution in [0.3, 0.4) is 0 Å². The number of fused-ring (bicyclic) bond motifs is 1. The molecule has 0 fully saturated rings. The van der Waals surface area contributed by atoms with Gasteiger partial charge in [0, 0.05) is 12.1 Å². The summed E-state index contributed by atoms with van der Waals surface area (Å²) in [4.78, 5) is 15.4. The van der Waals surface area contributed by atoms with Crippen molar-refractivity contribution in [3.05, 3.63) is 47.5 Å². The lowest BCUT2D eigenvalue weighted by Gasteiger charge is -2.32. The average Bonchev–Trinajstić information content (AvgIpc) is 2.52. The summed E-state index contributed by atoms with van der Waals surface area (Å²) in [6.07, 6.45) is 1.03. The fourth-order valence-corrected chi connectivity index (χ4v) is 3.35. The summed E-state index contributed by atoms with van der Waals surface area (Å²) < 4.78 is 0. The SMILES string of the molecule is CC[C@@H](C)c1ccc2ccccc2c1C(=O)N(C(C)C)C(C)C. The zero-order chi connectivity index (χ0) is 17.1. The van der Waals surface area contributed by atoms with Gasteiger partial charge in [-0.05, 0) is 56.4 Å². The van der Waals surface area contributed by atoms with E-state index in [1.165, 1.54) is 5.56 Å². The van der Waals surface area contributed by atoms with E-state index in [1.807, 2.05) is 17.0 Å². The van der Waals surface area contributed by atoms with Crippen LogP contribution in [0.2, 0.25) is 0 Å². The third kappa shape index (κ3) is 3.41. The molecule has 0 unspecified atom stereocenters. The van der Waals surface area contributed by atoms with Gasteiger partial charge < -0.3 is 4.90 Å². The molecule has 2 rings (SSSR count). The molecule has 0 heterocycles. The molecule has 0 saturated heterocycles. The monoisotopic (exact) mass is 311 g/mol. The zero-order valence-electron chi connectivity index (χ0n) is 15.3. The molecule has 0 aromatic heterocycles. The van der Waals surface area contributed by atoms with Gasteiger partial charge in [0.15, 0.2) is 0 Å². The van der Waals surface area contributed by atoms with E-state index < -0.39 is 0 Å². The van der Waals surface area contributed by atoms with Crippen LogP contribution in [-0.2, 0) is 0 Å². The van der Waals surface area contributed by atoms with Crippen molar-refractivity contribution in [2.75, 3.05) is 0 Å². The second-order valence-electron chi connectivity index (χ2n) is 6.96. The van der Waals surface area contributed by atoms with Crippen molar-refractivity contribution < 1.29 is 4.79 Å². The molecule has 2 aromatic rings. The third-order valence-corrected chi connectivity index (χ3v) is 4.67. The van der Waals surface area contributed by atoms with E-state index in [9.17, 15) is 4.79 Å². The minimum atomic E-state index is 0.155. The second kappa shape index (κ2) is 7.16. The standard InChI is InChI=1S/C21H29NO/c1-7-16(6)18-13-12-17-10-8-9-11-19(17)20(18)21(23)22(14(2)3)15(4)5/h8-16H,7H2,1-6H3/t16-/m1/s1. The van der Waals surface area contributed by atoms with E-state index in [0.29, 0.717) is 5.92 Å². The van der Waals surface area contributed by atoms with Crippen molar-refractivity contribution in [1.29, 1.82) is 0 Å². The molecule has 0 bridgehead atoms. The Morgan fingerprint density at radius 3 is 2.13 bits per heavy atom. The van der Waals surface area contributed by atoms with E-state index in [0.717, 1.165) is 22.8 Å². The fraction of sp³-hybridized carbons (Fsp3) is 0.476. The largest absolute Gasteiger partial charge is 0.334 e. The van der Waals surface area contributed by atoms with Gasteiger partial charge in [0.25, 0.3) is 5.91 Å². The molecule has 0 aliphatic heterocycles. The lowest BCUT2D eigenvalue weighted by molar-refractivity contribution is 0.0644. The molecule has 124 valence electrons. The summed E-state index contributed by atoms with van der Waals surface area (Å²) in [5.41, 5.74) is 2.06. The summed E-state index contributed by atoms with van der Waals surface area (Å²) in [5.74, 6) is 0.529. The topological polar surface area (TPSA) is 20.3 Å². The molecule has 1 atom stereocenters. The highest BCUT2D eigenvalue weighted by molar-refractivity contribution is 6.08. The number of benzene rings is 2. The maximum absolute atomic E-state index is 13.4. The van der Waals surface area contributed by atoms with Gasteiger partial charge in [-0.25, -0.2) is 0 Å². The summed E-state index contributed by atoms with van der Waals surface area (Å²) in [6.45, 7) is 12.7. The van der Waals surface area contributed by atoms with Crippen LogP contribution in [0.25, 0.3) is 10.8 Å². The predicted molar refractivity (Wildman–Crippen MR) is 99.1 cm³/mol. The number of nitrogens with zero attached hydrogens (tertiary/aromatic N) is 1. The quantitative estimate of drug-likeness (QED) is 0.702. The molecule has 0 saturated carbocycles. The zero-order valence-corrected chi connectivity index (χ0v) is 15.3. The molecule has 1 amide bonds. The van der Waals surface area contributed by atoms with Crippen molar-refractivity contribution in [2.45, 2.75) is 66.0 Å². The van der Waals surface area contributed by atoms with Gasteiger partial charge in [-0.2, -0.15) is 0 Å². The highest BCUT2D eigenvalue weighted by Gasteiger charge is 2.26. The minimum Gasteiger partial charge on any atom is -0.334 e. The van der Waals surface area contributed by atoms with Gasteiger partial charge in [-0.15, -0.1) is 0 Å². The molecule has 0 radical (unpaired) electrons. The number of rotatable bonds is 5. The van der Waals surface area contributed by atoms with Crippen LogP contribution >= 0.6 is 0 Å². The van der Waals surface area contributed by atoms with E-state index in [-0.39, 0.29) is 18.0 Å². The van der Waals surface area contributed by atoms with E-state index in [1.54, 1.807) is 0 Å². The van der Waals surface area contributed by atoms with Gasteiger partial charge in [0.2, 0.25) is 0 Å². The van der Waals surface area contributed by atoms with Crippen molar-refractivity contribution >= 4 is 16.7 Å². The molecular weight excluding hydrogens is 282 g/mol. The van der Waals surface area contributed by atoms with Gasteiger partial charge in [-0.3, -0.25) is 4.79 Å². The Balaban J connectivity index is 2.71. The summed E-state index contributed by atoms with van der Waals surface area (Å²) in [7, 11) is 0. The van der Waals surface area contributed by atoms with Crippen LogP contribution in [0.5, 0.6) is 0 Å². The predicted octanol–water partition coefficient (Wildman–Crippen LogP) is 5.61. The Bertz CT molecular complexity index is 679. The van der Waals surface area contributed by atoms with Crippen LogP contribution < -0.4 is 0 Å². The second-order valence-corrected chi connectivity index (χ2v) is 6.96. The Labute approximate surface area is 140 Å². The van der Waals surface area contributed by atoms with Crippen LogP contribution in [-0.4, -0.2) is 22.9 Å². The van der Waals surface area contributed by atoms with Gasteiger partial charge >= 0.3 is 0 Å². The van der Waals surface area contributed by atoms with Crippen molar-refractivity contribution in [2.24, 2.45) is 0 Å². The molecule has 2 nitrogen and oxygen atoms in total. The van der Waals surface area contributed by atoms with Crippen LogP contribution in [0.15, 0.2) is 36.4 Å². The number of amides is 1. The van der Waals surface area contributed by atoms with Crippen LogP contribution in [0.1, 0.15) is 69.8 Å². The lowest BCUT2D eigenvalue weighted by Crippen LogP contribution is -2.42. The van der Waals surface area contributed by atoms with E-state index >= 15 is 0 Å². The maximum Gasteiger partial charge on any atom is 0.255 e. The van der Waals surface area contributed by atoms with Gasteiger partial charge in [0.05, 0.1) is 5.56 Å². The number of hydrogen-bond acceptors (Lipinski definition) is 1. The fourth-order valence-electron chi connectivity index (χ4n) is 3.35. The molecular formula is C21H29NO. The van der Waals surface area contributed by atoms with Gasteiger partial charge in [-0.1, -0.05) is 50.2 Å². The van der Waals surface area contributed by atoms with Crippen molar-refractivity contribution in [3.8, 4) is 0 Å². The molecule has 0 aliphatic rings. The normalized spacial score (nSPS) is 12.9. The Kier molecular flexibility index (Phi) is 5.46. The van der Waals surface area contributed by atoms with Crippen LogP contribution in [0.4, 0.5) is 0 Å². The lowest BCUT2D eigenvalue weighted by atomic mass is 9.89. The number of carbonyl (C=O) groups excluding carboxylic acids is 1. The summed E-state index contributed by atoms with van der Waals surface area (Å²) in [5, 5.41) is 2.21. The first-order valence-electron chi connectivity index (χ1n) is 8.72. The number of carbonyl (C=O) groups is 1. The van der Waals surface area contributed by atoms with E-state index in [4.69, 9.17) is 0 Å². The summed E-state index contributed by atoms with van der Waals surface area (Å²) in [6, 6.07) is 12.9. The maximum atomic E-state index is 13.4. The third-order valence-electron chi connectivity index (χ3n) is 4.67. The minimum absolute atomic E-state index is 0.155. The van der Waals surface area contributed by atoms with Gasteiger partial charge in [0.1, 0.15) is 0 Å². The highest BCUT2D eigenvalue weighted by atomic mass is 16.2. The van der Waals surface area contributed by atoms with Crippen LogP contribution in [0, 0.1) is 0 Å². The molecule has 0 aliphatic carbocycles. The van der Waals surface area contributed by atoms with E-state index in [2.05, 4.69) is 65.8 Å². The molecule has 2 aromatic carbocycles. The highest BCUT2D eigenvalue weighted by Crippen LogP contribution is 2.31. The molecule has 2 heteroatoms. The first-order valence-corrected chi connectivity index (χ1v) is 8.72. The molecule has 0 spiro atoms. The van der Waals surface area contributed by atoms with Crippen molar-refractivity contribution in [1.82, 2.24) is 4.90 Å². The average molecular weight is 311 g/mol. The van der Waals surface area contributed by atoms with Crippen molar-refractivity contribution in [3.63, 3.8) is 0 Å².